The van der Waals surface area contributed by atoms with Gasteiger partial charge in [-0.2, -0.15) is 8.78 Å². The Morgan fingerprint density at radius 2 is 2.07 bits per heavy atom. The second kappa shape index (κ2) is 8.05. The van der Waals surface area contributed by atoms with Crippen LogP contribution in [0.3, 0.4) is 0 Å². The van der Waals surface area contributed by atoms with Crippen molar-refractivity contribution in [1.29, 1.82) is 0 Å². The quantitative estimate of drug-likeness (QED) is 0.177. The molecule has 0 spiro atoms. The Hall–Kier alpha value is -2.47. The van der Waals surface area contributed by atoms with Crippen molar-refractivity contribution in [3.8, 4) is 5.69 Å². The number of nitrogen functional groups attached to an aromatic ring is 1. The molecule has 2 rings (SSSR count). The standard InChI is InChI=1S/C15H12BrF3N4O3S/c1-15(18,19)12-6-13(27)22(14(25)23(12)20)11-4-8(7-21-26-3-2-24)9(16)5-10(11)17/h2,4-7H,3,20H2,1H3/b21-7+. The number of oxime groups is 1. The van der Waals surface area contributed by atoms with Gasteiger partial charge in [-0.15, -0.1) is 0 Å². The zero-order chi connectivity index (χ0) is 20.4. The Balaban J connectivity index is 2.67. The third-order valence-electron chi connectivity index (χ3n) is 3.30. The Morgan fingerprint density at radius 1 is 1.41 bits per heavy atom. The largest absolute Gasteiger partial charge is 0.388 e. The number of nitrogens with zero attached hydrogens (tertiary/aromatic N) is 3. The van der Waals surface area contributed by atoms with Crippen LogP contribution in [0.15, 0.2) is 32.6 Å². The van der Waals surface area contributed by atoms with Crippen LogP contribution in [-0.4, -0.2) is 28.4 Å². The lowest BCUT2D eigenvalue weighted by molar-refractivity contribution is -0.111. The predicted octanol–water partition coefficient (Wildman–Crippen LogP) is 2.64. The summed E-state index contributed by atoms with van der Waals surface area (Å²) in [6.07, 6.45) is 1.65. The van der Waals surface area contributed by atoms with Crippen molar-refractivity contribution in [2.75, 3.05) is 12.4 Å². The third-order valence-corrected chi connectivity index (χ3v) is 4.29. The molecule has 0 unspecified atom stereocenters. The fourth-order valence-corrected chi connectivity index (χ4v) is 2.81. The van der Waals surface area contributed by atoms with Crippen LogP contribution in [0.25, 0.3) is 5.69 Å². The zero-order valence-corrected chi connectivity index (χ0v) is 16.1. The van der Waals surface area contributed by atoms with Crippen LogP contribution in [-0.2, 0) is 15.6 Å². The molecular formula is C15H12BrF3N4O3S. The highest BCUT2D eigenvalue weighted by Crippen LogP contribution is 2.26. The van der Waals surface area contributed by atoms with Gasteiger partial charge in [-0.1, -0.05) is 33.3 Å². The van der Waals surface area contributed by atoms with Gasteiger partial charge in [0, 0.05) is 23.0 Å². The number of rotatable bonds is 6. The average molecular weight is 465 g/mol. The fourth-order valence-electron chi connectivity index (χ4n) is 2.11. The summed E-state index contributed by atoms with van der Waals surface area (Å²) in [7, 11) is 0. The number of alkyl halides is 2. The second-order valence-corrected chi connectivity index (χ2v) is 6.54. The first kappa shape index (κ1) is 20.8. The van der Waals surface area contributed by atoms with Crippen LogP contribution >= 0.6 is 28.1 Å². The fraction of sp³-hybridized carbons (Fsp3) is 0.200. The number of halogens is 4. The molecule has 27 heavy (non-hydrogen) atoms. The molecule has 1 aromatic heterocycles. The first-order valence-electron chi connectivity index (χ1n) is 7.18. The minimum absolute atomic E-state index is 0.207. The molecule has 0 aliphatic rings. The lowest BCUT2D eigenvalue weighted by Crippen LogP contribution is -2.40. The molecule has 0 atom stereocenters. The number of carbonyl (C=O) groups excluding carboxylic acids is 1. The number of aldehydes is 1. The molecule has 0 amide bonds. The topological polar surface area (TPSA) is 91.6 Å². The van der Waals surface area contributed by atoms with Gasteiger partial charge in [-0.25, -0.2) is 18.4 Å². The van der Waals surface area contributed by atoms with Crippen molar-refractivity contribution in [2.45, 2.75) is 12.8 Å². The van der Waals surface area contributed by atoms with Gasteiger partial charge < -0.3 is 10.7 Å². The Morgan fingerprint density at radius 3 is 2.67 bits per heavy atom. The first-order chi connectivity index (χ1) is 12.6. The highest BCUT2D eigenvalue weighted by molar-refractivity contribution is 9.10. The maximum absolute atomic E-state index is 14.4. The van der Waals surface area contributed by atoms with Gasteiger partial charge in [0.05, 0.1) is 11.9 Å². The van der Waals surface area contributed by atoms with Gasteiger partial charge in [-0.05, 0) is 12.1 Å². The smallest absolute Gasteiger partial charge is 0.352 e. The summed E-state index contributed by atoms with van der Waals surface area (Å²) in [5.74, 6) is 1.17. The van der Waals surface area contributed by atoms with Gasteiger partial charge >= 0.3 is 5.69 Å². The lowest BCUT2D eigenvalue weighted by atomic mass is 10.2. The molecule has 0 fully saturated rings. The molecule has 1 heterocycles. The molecule has 2 aromatic rings. The summed E-state index contributed by atoms with van der Waals surface area (Å²) < 4.78 is 42.4. The van der Waals surface area contributed by atoms with Gasteiger partial charge in [0.2, 0.25) is 0 Å². The van der Waals surface area contributed by atoms with E-state index in [2.05, 4.69) is 25.9 Å². The summed E-state index contributed by atoms with van der Waals surface area (Å²) in [5, 5.41) is 3.51. The van der Waals surface area contributed by atoms with Crippen LogP contribution < -0.4 is 11.5 Å². The summed E-state index contributed by atoms with van der Waals surface area (Å²) in [5.41, 5.74) is -2.02. The Labute approximate surface area is 163 Å². The van der Waals surface area contributed by atoms with E-state index in [-0.39, 0.29) is 31.6 Å². The van der Waals surface area contributed by atoms with Crippen LogP contribution in [0, 0.1) is 10.5 Å². The minimum Gasteiger partial charge on any atom is -0.388 e. The van der Waals surface area contributed by atoms with Crippen LogP contribution in [0.1, 0.15) is 18.2 Å². The third kappa shape index (κ3) is 4.45. The van der Waals surface area contributed by atoms with E-state index in [1.54, 1.807) is 0 Å². The number of aromatic nitrogens is 2. The van der Waals surface area contributed by atoms with E-state index in [1.165, 1.54) is 6.07 Å². The first-order valence-corrected chi connectivity index (χ1v) is 8.39. The van der Waals surface area contributed by atoms with E-state index in [0.29, 0.717) is 17.8 Å². The van der Waals surface area contributed by atoms with Crippen molar-refractivity contribution in [2.24, 2.45) is 5.16 Å². The van der Waals surface area contributed by atoms with Crippen molar-refractivity contribution in [3.05, 3.63) is 54.9 Å². The van der Waals surface area contributed by atoms with Gasteiger partial charge in [-0.3, -0.25) is 4.79 Å². The number of hydrogen-bond donors (Lipinski definition) is 1. The average Bonchev–Trinajstić information content (AvgIpc) is 2.57. The van der Waals surface area contributed by atoms with Crippen LogP contribution in [0.4, 0.5) is 13.2 Å². The zero-order valence-electron chi connectivity index (χ0n) is 13.7. The maximum Gasteiger partial charge on any atom is 0.352 e. The Bertz CT molecular complexity index is 1030. The Kier molecular flexibility index (Phi) is 6.21. The number of carbonyl (C=O) groups is 1. The molecule has 144 valence electrons. The molecule has 0 bridgehead atoms. The van der Waals surface area contributed by atoms with Gasteiger partial charge in [0.25, 0.3) is 5.92 Å². The summed E-state index contributed by atoms with van der Waals surface area (Å²) in [4.78, 5) is 27.3. The van der Waals surface area contributed by atoms with Gasteiger partial charge in [0.15, 0.2) is 12.9 Å². The van der Waals surface area contributed by atoms with Crippen LogP contribution in [0.2, 0.25) is 0 Å². The summed E-state index contributed by atoms with van der Waals surface area (Å²) in [6.45, 7) is 0.274. The number of nitrogens with two attached hydrogens (primary N) is 1. The molecule has 7 nitrogen and oxygen atoms in total. The maximum atomic E-state index is 14.4. The molecule has 2 N–H and O–H groups in total. The van der Waals surface area contributed by atoms with Crippen molar-refractivity contribution >= 4 is 40.6 Å². The van der Waals surface area contributed by atoms with Crippen LogP contribution in [0.5, 0.6) is 0 Å². The summed E-state index contributed by atoms with van der Waals surface area (Å²) in [6, 6.07) is 3.04. The van der Waals surface area contributed by atoms with E-state index >= 15 is 0 Å². The van der Waals surface area contributed by atoms with Crippen molar-refractivity contribution in [3.63, 3.8) is 0 Å². The van der Waals surface area contributed by atoms with E-state index < -0.39 is 23.1 Å². The second-order valence-electron chi connectivity index (χ2n) is 5.27. The molecule has 1 aromatic carbocycles. The molecule has 12 heteroatoms. The SMILES string of the molecule is CC(F)(F)c1cc(=S)n(-c2cc(/C=N/OCC=O)c(Br)cc2F)c(=O)n1N. The number of hydrogen-bond acceptors (Lipinski definition) is 6. The molecule has 0 saturated heterocycles. The lowest BCUT2D eigenvalue weighted by Gasteiger charge is -2.17. The molecule has 0 aliphatic carbocycles. The monoisotopic (exact) mass is 464 g/mol. The highest BCUT2D eigenvalue weighted by atomic mass is 79.9. The highest BCUT2D eigenvalue weighted by Gasteiger charge is 2.30. The van der Waals surface area contributed by atoms with E-state index in [0.717, 1.165) is 18.3 Å². The molecule has 0 aliphatic heterocycles. The normalized spacial score (nSPS) is 11.7. The van der Waals surface area contributed by atoms with Gasteiger partial charge in [0.1, 0.15) is 16.2 Å². The number of benzene rings is 1. The van der Waals surface area contributed by atoms with E-state index in [1.807, 2.05) is 0 Å². The molecular weight excluding hydrogens is 453 g/mol. The van der Waals surface area contributed by atoms with E-state index in [4.69, 9.17) is 18.1 Å². The minimum atomic E-state index is -3.42. The predicted molar refractivity (Wildman–Crippen MR) is 97.8 cm³/mol. The van der Waals surface area contributed by atoms with E-state index in [9.17, 15) is 22.8 Å². The summed E-state index contributed by atoms with van der Waals surface area (Å²) >= 11 is 8.09. The van der Waals surface area contributed by atoms with Crippen molar-refractivity contribution < 1.29 is 22.8 Å². The van der Waals surface area contributed by atoms with Crippen molar-refractivity contribution in [1.82, 2.24) is 9.24 Å². The molecule has 0 radical (unpaired) electrons. The molecule has 0 saturated carbocycles.